The summed E-state index contributed by atoms with van der Waals surface area (Å²) in [4.78, 5) is 27.6. The molecule has 0 spiro atoms. The highest BCUT2D eigenvalue weighted by molar-refractivity contribution is 7.80. The van der Waals surface area contributed by atoms with Crippen molar-refractivity contribution in [1.82, 2.24) is 10.2 Å². The van der Waals surface area contributed by atoms with Gasteiger partial charge in [0, 0.05) is 30.7 Å². The van der Waals surface area contributed by atoms with E-state index in [1.807, 2.05) is 69.0 Å². The standard InChI is InChI=1S/C26H32N4O4S/c1-6-30-18(4)21(24(31)34-14-13-33-5)23(29-26(30)35)19-11-8-12-20(15-19)27-25(32)28-22-16(2)9-7-10-17(22)3/h7-12,15,23H,6,13-14H2,1-5H3,(H,29,35)(H2,27,28,32). The van der Waals surface area contributed by atoms with Crippen LogP contribution in [0, 0.1) is 13.8 Å². The predicted octanol–water partition coefficient (Wildman–Crippen LogP) is 4.66. The third-order valence-corrected chi connectivity index (χ3v) is 6.19. The van der Waals surface area contributed by atoms with E-state index in [4.69, 9.17) is 21.7 Å². The van der Waals surface area contributed by atoms with Crippen molar-refractivity contribution < 1.29 is 19.1 Å². The highest BCUT2D eigenvalue weighted by Crippen LogP contribution is 2.32. The zero-order valence-electron chi connectivity index (χ0n) is 20.7. The van der Waals surface area contributed by atoms with E-state index in [1.54, 1.807) is 13.2 Å². The third-order valence-electron chi connectivity index (χ3n) is 5.85. The Morgan fingerprint density at radius 2 is 1.74 bits per heavy atom. The van der Waals surface area contributed by atoms with Crippen molar-refractivity contribution in [2.24, 2.45) is 0 Å². The lowest BCUT2D eigenvalue weighted by atomic mass is 9.94. The number of amides is 2. The minimum absolute atomic E-state index is 0.148. The molecule has 1 heterocycles. The summed E-state index contributed by atoms with van der Waals surface area (Å²) < 4.78 is 10.4. The second-order valence-electron chi connectivity index (χ2n) is 8.23. The molecule has 2 amide bonds. The summed E-state index contributed by atoms with van der Waals surface area (Å²) in [5.74, 6) is -0.441. The smallest absolute Gasteiger partial charge is 0.338 e. The molecule has 1 aliphatic rings. The predicted molar refractivity (Wildman–Crippen MR) is 141 cm³/mol. The first-order valence-corrected chi connectivity index (χ1v) is 11.9. The molecule has 0 aliphatic carbocycles. The molecule has 0 saturated heterocycles. The first-order valence-electron chi connectivity index (χ1n) is 11.5. The maximum atomic E-state index is 13.0. The van der Waals surface area contributed by atoms with E-state index in [2.05, 4.69) is 16.0 Å². The Hall–Kier alpha value is -3.43. The molecule has 1 unspecified atom stereocenters. The molecule has 8 nitrogen and oxygen atoms in total. The number of hydrogen-bond donors (Lipinski definition) is 3. The lowest BCUT2D eigenvalue weighted by Gasteiger charge is -2.37. The number of benzene rings is 2. The van der Waals surface area contributed by atoms with E-state index in [-0.39, 0.29) is 12.6 Å². The van der Waals surface area contributed by atoms with Gasteiger partial charge in [-0.25, -0.2) is 9.59 Å². The molecular formula is C26H32N4O4S. The maximum Gasteiger partial charge on any atom is 0.338 e. The number of rotatable bonds is 8. The molecule has 2 aromatic rings. The number of aryl methyl sites for hydroxylation is 2. The first-order chi connectivity index (χ1) is 16.8. The van der Waals surface area contributed by atoms with E-state index in [1.165, 1.54) is 0 Å². The van der Waals surface area contributed by atoms with Gasteiger partial charge in [0.2, 0.25) is 0 Å². The highest BCUT2D eigenvalue weighted by atomic mass is 32.1. The summed E-state index contributed by atoms with van der Waals surface area (Å²) in [5.41, 5.74) is 5.29. The van der Waals surface area contributed by atoms with Crippen molar-refractivity contribution >= 4 is 40.7 Å². The van der Waals surface area contributed by atoms with Gasteiger partial charge in [-0.3, -0.25) is 0 Å². The average molecular weight is 497 g/mol. The van der Waals surface area contributed by atoms with Crippen LogP contribution in [0.4, 0.5) is 16.2 Å². The second-order valence-corrected chi connectivity index (χ2v) is 8.61. The minimum atomic E-state index is -0.524. The van der Waals surface area contributed by atoms with Crippen LogP contribution in [0.3, 0.4) is 0 Å². The summed E-state index contributed by atoms with van der Waals surface area (Å²) in [6.45, 7) is 8.78. The number of esters is 1. The van der Waals surface area contributed by atoms with Gasteiger partial charge < -0.3 is 30.3 Å². The lowest BCUT2D eigenvalue weighted by Crippen LogP contribution is -2.47. The highest BCUT2D eigenvalue weighted by Gasteiger charge is 2.34. The Morgan fingerprint density at radius 3 is 2.40 bits per heavy atom. The van der Waals surface area contributed by atoms with Crippen LogP contribution in [-0.4, -0.2) is 48.9 Å². The van der Waals surface area contributed by atoms with Gasteiger partial charge >= 0.3 is 12.0 Å². The number of nitrogens with one attached hydrogen (secondary N) is 3. The number of carbonyl (C=O) groups is 2. The molecule has 1 atom stereocenters. The van der Waals surface area contributed by atoms with Gasteiger partial charge in [0.1, 0.15) is 6.61 Å². The largest absolute Gasteiger partial charge is 0.460 e. The fourth-order valence-corrected chi connectivity index (χ4v) is 4.44. The molecule has 0 saturated carbocycles. The average Bonchev–Trinajstić information content (AvgIpc) is 2.81. The lowest BCUT2D eigenvalue weighted by molar-refractivity contribution is -0.140. The van der Waals surface area contributed by atoms with Crippen LogP contribution >= 0.6 is 12.2 Å². The minimum Gasteiger partial charge on any atom is -0.460 e. The van der Waals surface area contributed by atoms with E-state index >= 15 is 0 Å². The number of thiocarbonyl (C=S) groups is 1. The maximum absolute atomic E-state index is 13.0. The summed E-state index contributed by atoms with van der Waals surface area (Å²) in [6, 6.07) is 12.3. The van der Waals surface area contributed by atoms with Gasteiger partial charge in [-0.2, -0.15) is 0 Å². The van der Waals surface area contributed by atoms with E-state index in [0.717, 1.165) is 28.1 Å². The number of methoxy groups -OCH3 is 1. The second kappa shape index (κ2) is 11.8. The molecule has 0 aromatic heterocycles. The molecule has 3 N–H and O–H groups in total. The van der Waals surface area contributed by atoms with Crippen LogP contribution in [0.2, 0.25) is 0 Å². The Bertz CT molecular complexity index is 1130. The topological polar surface area (TPSA) is 91.9 Å². The molecule has 0 fully saturated rings. The van der Waals surface area contributed by atoms with Crippen molar-refractivity contribution in [1.29, 1.82) is 0 Å². The van der Waals surface area contributed by atoms with Gasteiger partial charge in [-0.05, 0) is 68.7 Å². The van der Waals surface area contributed by atoms with Gasteiger partial charge in [-0.1, -0.05) is 30.3 Å². The summed E-state index contributed by atoms with van der Waals surface area (Å²) in [6.07, 6.45) is 0. The molecule has 0 radical (unpaired) electrons. The van der Waals surface area contributed by atoms with Crippen LogP contribution in [0.5, 0.6) is 0 Å². The van der Waals surface area contributed by atoms with Crippen LogP contribution in [0.15, 0.2) is 53.7 Å². The molecule has 186 valence electrons. The zero-order valence-corrected chi connectivity index (χ0v) is 21.5. The third kappa shape index (κ3) is 6.17. The number of carbonyl (C=O) groups excluding carboxylic acids is 2. The molecule has 9 heteroatoms. The van der Waals surface area contributed by atoms with Gasteiger partial charge in [0.25, 0.3) is 0 Å². The Kier molecular flexibility index (Phi) is 8.84. The Balaban J connectivity index is 1.86. The fraction of sp³-hybridized carbons (Fsp3) is 0.346. The SMILES string of the molecule is CCN1C(=S)NC(c2cccc(NC(=O)Nc3c(C)cccc3C)c2)C(C(=O)OCCOC)=C1C. The van der Waals surface area contributed by atoms with Crippen LogP contribution in [-0.2, 0) is 14.3 Å². The van der Waals surface area contributed by atoms with Crippen LogP contribution < -0.4 is 16.0 Å². The van der Waals surface area contributed by atoms with E-state index in [9.17, 15) is 9.59 Å². The number of allylic oxidation sites excluding steroid dienone is 1. The molecule has 35 heavy (non-hydrogen) atoms. The van der Waals surface area contributed by atoms with Crippen LogP contribution in [0.1, 0.15) is 36.6 Å². The molecular weight excluding hydrogens is 464 g/mol. The van der Waals surface area contributed by atoms with E-state index < -0.39 is 12.0 Å². The monoisotopic (exact) mass is 496 g/mol. The Morgan fingerprint density at radius 1 is 1.06 bits per heavy atom. The number of ether oxygens (including phenoxy) is 2. The number of hydrogen-bond acceptors (Lipinski definition) is 5. The molecule has 0 bridgehead atoms. The normalized spacial score (nSPS) is 15.5. The van der Waals surface area contributed by atoms with Crippen LogP contribution in [0.25, 0.3) is 0 Å². The van der Waals surface area contributed by atoms with Crippen molar-refractivity contribution in [2.75, 3.05) is 37.5 Å². The fourth-order valence-electron chi connectivity index (χ4n) is 4.06. The number of nitrogens with zero attached hydrogens (tertiary/aromatic N) is 1. The van der Waals surface area contributed by atoms with Crippen molar-refractivity contribution in [2.45, 2.75) is 33.7 Å². The zero-order chi connectivity index (χ0) is 25.5. The van der Waals surface area contributed by atoms with Gasteiger partial charge in [0.05, 0.1) is 18.2 Å². The van der Waals surface area contributed by atoms with Gasteiger partial charge in [0.15, 0.2) is 5.11 Å². The molecule has 3 rings (SSSR count). The van der Waals surface area contributed by atoms with Crippen molar-refractivity contribution in [3.8, 4) is 0 Å². The van der Waals surface area contributed by atoms with Gasteiger partial charge in [-0.15, -0.1) is 0 Å². The summed E-state index contributed by atoms with van der Waals surface area (Å²) in [5, 5.41) is 9.59. The molecule has 1 aliphatic heterocycles. The quantitative estimate of drug-likeness (QED) is 0.278. The van der Waals surface area contributed by atoms with Crippen molar-refractivity contribution in [3.05, 3.63) is 70.4 Å². The summed E-state index contributed by atoms with van der Waals surface area (Å²) >= 11 is 5.56. The van der Waals surface area contributed by atoms with Crippen molar-refractivity contribution in [3.63, 3.8) is 0 Å². The number of urea groups is 1. The summed E-state index contributed by atoms with van der Waals surface area (Å²) in [7, 11) is 1.55. The first kappa shape index (κ1) is 26.2. The number of para-hydroxylation sites is 1. The Labute approximate surface area is 211 Å². The molecule has 2 aromatic carbocycles. The number of anilines is 2. The van der Waals surface area contributed by atoms with E-state index in [0.29, 0.717) is 29.5 Å².